The minimum atomic E-state index is -4.47. The highest BCUT2D eigenvalue weighted by Crippen LogP contribution is 2.32. The Hall–Kier alpha value is -3.21. The smallest absolute Gasteiger partial charge is 0.365 e. The van der Waals surface area contributed by atoms with Gasteiger partial charge < -0.3 is 14.2 Å². The predicted molar refractivity (Wildman–Crippen MR) is 106 cm³/mol. The van der Waals surface area contributed by atoms with Crippen LogP contribution in [0, 0.1) is 20.8 Å². The third-order valence-electron chi connectivity index (χ3n) is 5.61. The molecule has 0 aliphatic carbocycles. The van der Waals surface area contributed by atoms with Crippen molar-refractivity contribution in [2.24, 2.45) is 0 Å². The third-order valence-corrected chi connectivity index (χ3v) is 5.61. The number of benzene rings is 1. The van der Waals surface area contributed by atoms with Crippen molar-refractivity contribution in [3.8, 4) is 11.4 Å². The summed E-state index contributed by atoms with van der Waals surface area (Å²) in [5, 5.41) is 8.20. The van der Waals surface area contributed by atoms with Gasteiger partial charge in [0.2, 0.25) is 11.7 Å². The highest BCUT2D eigenvalue weighted by atomic mass is 19.4. The number of ether oxygens (including phenoxy) is 1. The van der Waals surface area contributed by atoms with Gasteiger partial charge in [-0.3, -0.25) is 9.48 Å². The van der Waals surface area contributed by atoms with Gasteiger partial charge >= 0.3 is 6.18 Å². The van der Waals surface area contributed by atoms with Gasteiger partial charge in [-0.2, -0.15) is 23.3 Å². The summed E-state index contributed by atoms with van der Waals surface area (Å²) < 4.78 is 51.5. The molecule has 170 valence electrons. The Kier molecular flexibility index (Phi) is 5.76. The number of aryl methyl sites for hydroxylation is 1. The maximum Gasteiger partial charge on any atom is 0.416 e. The number of aromatic nitrogens is 4. The minimum Gasteiger partial charge on any atom is -0.365 e. The van der Waals surface area contributed by atoms with E-state index in [4.69, 9.17) is 9.26 Å². The van der Waals surface area contributed by atoms with E-state index < -0.39 is 17.8 Å². The van der Waals surface area contributed by atoms with Crippen LogP contribution in [-0.4, -0.2) is 50.4 Å². The zero-order chi connectivity index (χ0) is 23.0. The largest absolute Gasteiger partial charge is 0.416 e. The lowest BCUT2D eigenvalue weighted by Gasteiger charge is -2.31. The molecule has 1 atom stereocenters. The van der Waals surface area contributed by atoms with Crippen molar-refractivity contribution < 1.29 is 27.2 Å². The van der Waals surface area contributed by atoms with Crippen LogP contribution in [0.2, 0.25) is 0 Å². The molecule has 11 heteroatoms. The Labute approximate surface area is 182 Å². The average Bonchev–Trinajstić information content (AvgIpc) is 3.35. The highest BCUT2D eigenvalue weighted by Gasteiger charge is 2.32. The van der Waals surface area contributed by atoms with Crippen LogP contribution >= 0.6 is 0 Å². The molecule has 4 rings (SSSR count). The van der Waals surface area contributed by atoms with E-state index in [2.05, 4.69) is 15.2 Å². The van der Waals surface area contributed by atoms with E-state index >= 15 is 0 Å². The fourth-order valence-electron chi connectivity index (χ4n) is 3.51. The Bertz CT molecular complexity index is 1140. The molecule has 2 aromatic heterocycles. The second kappa shape index (κ2) is 8.38. The van der Waals surface area contributed by atoms with Crippen LogP contribution in [0.25, 0.3) is 11.4 Å². The molecule has 1 fully saturated rings. The van der Waals surface area contributed by atoms with Gasteiger partial charge in [0.05, 0.1) is 24.4 Å². The van der Waals surface area contributed by atoms with E-state index in [1.54, 1.807) is 9.58 Å². The number of alkyl halides is 3. The zero-order valence-corrected chi connectivity index (χ0v) is 17.8. The number of amides is 1. The molecule has 1 aromatic carbocycles. The summed E-state index contributed by atoms with van der Waals surface area (Å²) in [5.41, 5.74) is 2.24. The maximum absolute atomic E-state index is 13.0. The quantitative estimate of drug-likeness (QED) is 0.606. The van der Waals surface area contributed by atoms with Gasteiger partial charge in [-0.05, 0) is 38.5 Å². The normalized spacial score (nSPS) is 17.1. The van der Waals surface area contributed by atoms with E-state index in [0.29, 0.717) is 6.54 Å². The van der Waals surface area contributed by atoms with Crippen LogP contribution in [0.5, 0.6) is 0 Å². The summed E-state index contributed by atoms with van der Waals surface area (Å²) in [6.07, 6.45) is -5.14. The molecule has 1 aliphatic rings. The first-order valence-electron chi connectivity index (χ1n) is 10.0. The molecular formula is C21H22F3N5O3. The van der Waals surface area contributed by atoms with Crippen LogP contribution in [0.1, 0.15) is 34.5 Å². The van der Waals surface area contributed by atoms with Crippen LogP contribution in [0.4, 0.5) is 13.2 Å². The molecular weight excluding hydrogens is 427 g/mol. The Morgan fingerprint density at radius 2 is 2.03 bits per heavy atom. The number of nitrogens with zero attached hydrogens (tertiary/aromatic N) is 5. The summed E-state index contributed by atoms with van der Waals surface area (Å²) in [5.74, 6) is 0.00894. The maximum atomic E-state index is 13.0. The van der Waals surface area contributed by atoms with Crippen LogP contribution in [0.3, 0.4) is 0 Å². The molecule has 1 saturated heterocycles. The molecule has 3 aromatic rings. The predicted octanol–water partition coefficient (Wildman–Crippen LogP) is 3.48. The molecule has 1 unspecified atom stereocenters. The van der Waals surface area contributed by atoms with E-state index in [-0.39, 0.29) is 42.9 Å². The molecule has 0 spiro atoms. The monoisotopic (exact) mass is 449 g/mol. The summed E-state index contributed by atoms with van der Waals surface area (Å²) in [4.78, 5) is 18.7. The van der Waals surface area contributed by atoms with E-state index in [1.807, 2.05) is 20.8 Å². The zero-order valence-electron chi connectivity index (χ0n) is 17.8. The van der Waals surface area contributed by atoms with Crippen molar-refractivity contribution in [1.82, 2.24) is 24.8 Å². The first-order valence-corrected chi connectivity index (χ1v) is 10.0. The SMILES string of the molecule is Cc1nn(CC(=O)N2CCOC(c3nc(-c4cccc(C(F)(F)F)c4)no3)C2)c(C)c1C. The molecule has 0 saturated carbocycles. The Morgan fingerprint density at radius 1 is 1.25 bits per heavy atom. The third kappa shape index (κ3) is 4.38. The molecule has 32 heavy (non-hydrogen) atoms. The van der Waals surface area contributed by atoms with Gasteiger partial charge in [0, 0.05) is 17.8 Å². The highest BCUT2D eigenvalue weighted by molar-refractivity contribution is 5.76. The Balaban J connectivity index is 1.47. The number of rotatable bonds is 4. The van der Waals surface area contributed by atoms with Crippen molar-refractivity contribution in [3.05, 3.63) is 52.7 Å². The first kappa shape index (κ1) is 22.0. The van der Waals surface area contributed by atoms with Crippen molar-refractivity contribution >= 4 is 5.91 Å². The molecule has 1 amide bonds. The second-order valence-electron chi connectivity index (χ2n) is 7.69. The fraction of sp³-hybridized carbons (Fsp3) is 0.429. The number of halogens is 3. The average molecular weight is 449 g/mol. The van der Waals surface area contributed by atoms with Crippen LogP contribution in [-0.2, 0) is 22.3 Å². The van der Waals surface area contributed by atoms with Gasteiger partial charge in [0.1, 0.15) is 6.54 Å². The van der Waals surface area contributed by atoms with E-state index in [1.165, 1.54) is 12.1 Å². The summed E-state index contributed by atoms with van der Waals surface area (Å²) >= 11 is 0. The molecule has 1 aliphatic heterocycles. The molecule has 0 radical (unpaired) electrons. The number of hydrogen-bond acceptors (Lipinski definition) is 6. The first-order chi connectivity index (χ1) is 15.1. The van der Waals surface area contributed by atoms with Gasteiger partial charge in [0.25, 0.3) is 5.89 Å². The van der Waals surface area contributed by atoms with Gasteiger partial charge in [-0.1, -0.05) is 17.3 Å². The van der Waals surface area contributed by atoms with Gasteiger partial charge in [0.15, 0.2) is 6.10 Å². The van der Waals surface area contributed by atoms with Gasteiger partial charge in [-0.25, -0.2) is 0 Å². The number of hydrogen-bond donors (Lipinski definition) is 0. The second-order valence-corrected chi connectivity index (χ2v) is 7.69. The van der Waals surface area contributed by atoms with Crippen molar-refractivity contribution in [3.63, 3.8) is 0 Å². The molecule has 0 N–H and O–H groups in total. The van der Waals surface area contributed by atoms with Crippen molar-refractivity contribution in [2.75, 3.05) is 19.7 Å². The summed E-state index contributed by atoms with van der Waals surface area (Å²) in [6.45, 7) is 6.75. The lowest BCUT2D eigenvalue weighted by molar-refractivity contribution is -0.141. The van der Waals surface area contributed by atoms with Crippen LogP contribution < -0.4 is 0 Å². The van der Waals surface area contributed by atoms with E-state index in [0.717, 1.165) is 29.1 Å². The Morgan fingerprint density at radius 3 is 2.72 bits per heavy atom. The van der Waals surface area contributed by atoms with Gasteiger partial charge in [-0.15, -0.1) is 0 Å². The molecule has 0 bridgehead atoms. The topological polar surface area (TPSA) is 86.3 Å². The number of carbonyl (C=O) groups excluding carboxylic acids is 1. The molecule has 3 heterocycles. The summed E-state index contributed by atoms with van der Waals surface area (Å²) in [6, 6.07) is 4.69. The van der Waals surface area contributed by atoms with E-state index in [9.17, 15) is 18.0 Å². The standard InChI is InChI=1S/C21H22F3N5O3/c1-12-13(2)26-29(14(12)3)11-18(30)28-7-8-31-17(10-28)20-25-19(27-32-20)15-5-4-6-16(9-15)21(22,23)24/h4-6,9,17H,7-8,10-11H2,1-3H3. The minimum absolute atomic E-state index is 0.0243. The lowest BCUT2D eigenvalue weighted by Crippen LogP contribution is -2.44. The number of carbonyl (C=O) groups is 1. The summed E-state index contributed by atoms with van der Waals surface area (Å²) in [7, 11) is 0. The number of morpholine rings is 1. The van der Waals surface area contributed by atoms with Crippen molar-refractivity contribution in [2.45, 2.75) is 39.6 Å². The fourth-order valence-corrected chi connectivity index (χ4v) is 3.51. The van der Waals surface area contributed by atoms with Crippen LogP contribution in [0.15, 0.2) is 28.8 Å². The van der Waals surface area contributed by atoms with Crippen molar-refractivity contribution in [1.29, 1.82) is 0 Å². The molecule has 8 nitrogen and oxygen atoms in total. The lowest BCUT2D eigenvalue weighted by atomic mass is 10.1.